The van der Waals surface area contributed by atoms with Crippen molar-refractivity contribution in [2.24, 2.45) is 0 Å². The molecule has 7 heteroatoms. The summed E-state index contributed by atoms with van der Waals surface area (Å²) < 4.78 is 19.1. The van der Waals surface area contributed by atoms with Gasteiger partial charge in [-0.25, -0.2) is 4.39 Å². The van der Waals surface area contributed by atoms with Crippen LogP contribution in [-0.4, -0.2) is 47.2 Å². The number of benzene rings is 1. The van der Waals surface area contributed by atoms with Gasteiger partial charge in [0.15, 0.2) is 0 Å². The quantitative estimate of drug-likeness (QED) is 0.666. The van der Waals surface area contributed by atoms with Crippen molar-refractivity contribution in [3.05, 3.63) is 34.1 Å². The number of halogens is 1. The number of ether oxygens (including phenoxy) is 1. The topological polar surface area (TPSA) is 67.6 Å². The molecule has 2 unspecified atom stereocenters. The summed E-state index contributed by atoms with van der Waals surface area (Å²) in [5.74, 6) is -0.496. The van der Waals surface area contributed by atoms with E-state index in [0.29, 0.717) is 6.54 Å². The van der Waals surface area contributed by atoms with E-state index in [9.17, 15) is 14.5 Å². The fourth-order valence-electron chi connectivity index (χ4n) is 2.90. The van der Waals surface area contributed by atoms with Crippen molar-refractivity contribution in [3.8, 4) is 0 Å². The van der Waals surface area contributed by atoms with Gasteiger partial charge in [-0.3, -0.25) is 15.0 Å². The number of hydrogen-bond acceptors (Lipinski definition) is 5. The van der Waals surface area contributed by atoms with Crippen LogP contribution in [0.4, 0.5) is 15.8 Å². The predicted octanol–water partition coefficient (Wildman–Crippen LogP) is 3.03. The average Bonchev–Trinajstić information content (AvgIpc) is 2.44. The number of nitrogens with one attached hydrogen (secondary N) is 1. The van der Waals surface area contributed by atoms with Gasteiger partial charge >= 0.3 is 0 Å². The zero-order valence-electron chi connectivity index (χ0n) is 14.0. The molecule has 0 aromatic heterocycles. The zero-order chi connectivity index (χ0) is 17.2. The smallest absolute Gasteiger partial charge is 0.292 e. The Bertz CT molecular complexity index is 570. The number of hydrogen-bond donors (Lipinski definition) is 1. The molecule has 1 aromatic carbocycles. The number of nitro benzene ring substituents is 1. The van der Waals surface area contributed by atoms with E-state index in [2.05, 4.69) is 24.1 Å². The van der Waals surface area contributed by atoms with Gasteiger partial charge in [0, 0.05) is 37.3 Å². The Morgan fingerprint density at radius 2 is 2.00 bits per heavy atom. The van der Waals surface area contributed by atoms with Gasteiger partial charge < -0.3 is 10.1 Å². The molecule has 1 aromatic rings. The highest BCUT2D eigenvalue weighted by Crippen LogP contribution is 2.27. The third-order valence-electron chi connectivity index (χ3n) is 4.14. The molecule has 0 aliphatic carbocycles. The fraction of sp³-hybridized carbons (Fsp3) is 0.625. The highest BCUT2D eigenvalue weighted by molar-refractivity contribution is 5.61. The second-order valence-corrected chi connectivity index (χ2v) is 6.75. The first kappa shape index (κ1) is 17.6. The Hall–Kier alpha value is -1.73. The molecule has 23 heavy (non-hydrogen) atoms. The molecule has 1 aliphatic heterocycles. The standard InChI is InChI=1S/C16H24FN3O3/c1-11-8-19(9-12(2)23-11)16(3,4)10-18-14-7-13(17)5-6-15(14)20(21)22/h5-7,11-12,18H,8-10H2,1-4H3. The second-order valence-electron chi connectivity index (χ2n) is 6.75. The zero-order valence-corrected chi connectivity index (χ0v) is 14.0. The SMILES string of the molecule is CC1CN(C(C)(C)CNc2cc(F)ccc2[N+](=O)[O-])CC(C)O1. The van der Waals surface area contributed by atoms with Crippen molar-refractivity contribution in [3.63, 3.8) is 0 Å². The molecule has 1 N–H and O–H groups in total. The van der Waals surface area contributed by atoms with E-state index >= 15 is 0 Å². The van der Waals surface area contributed by atoms with Gasteiger partial charge in [-0.15, -0.1) is 0 Å². The predicted molar refractivity (Wildman–Crippen MR) is 87.2 cm³/mol. The van der Waals surface area contributed by atoms with Crippen LogP contribution < -0.4 is 5.32 Å². The van der Waals surface area contributed by atoms with E-state index in [1.54, 1.807) is 0 Å². The maximum Gasteiger partial charge on any atom is 0.292 e. The molecule has 2 atom stereocenters. The summed E-state index contributed by atoms with van der Waals surface area (Å²) in [4.78, 5) is 12.9. The lowest BCUT2D eigenvalue weighted by Gasteiger charge is -2.45. The lowest BCUT2D eigenvalue weighted by molar-refractivity contribution is -0.384. The molecule has 0 saturated carbocycles. The minimum atomic E-state index is -0.506. The Balaban J connectivity index is 2.10. The van der Waals surface area contributed by atoms with Crippen molar-refractivity contribution in [2.75, 3.05) is 25.0 Å². The van der Waals surface area contributed by atoms with Crippen LogP contribution in [0.25, 0.3) is 0 Å². The van der Waals surface area contributed by atoms with Crippen molar-refractivity contribution in [2.45, 2.75) is 45.4 Å². The first-order chi connectivity index (χ1) is 10.7. The largest absolute Gasteiger partial charge is 0.378 e. The minimum absolute atomic E-state index is 0.120. The number of morpholine rings is 1. The molecule has 0 spiro atoms. The van der Waals surface area contributed by atoms with Gasteiger partial charge in [0.1, 0.15) is 11.5 Å². The molecule has 2 rings (SSSR count). The summed E-state index contributed by atoms with van der Waals surface area (Å²) in [6, 6.07) is 3.45. The minimum Gasteiger partial charge on any atom is -0.378 e. The molecular weight excluding hydrogens is 301 g/mol. The van der Waals surface area contributed by atoms with E-state index in [1.165, 1.54) is 12.1 Å². The van der Waals surface area contributed by atoms with Gasteiger partial charge in [0.05, 0.1) is 17.1 Å². The summed E-state index contributed by atoms with van der Waals surface area (Å²) in [6.45, 7) is 10.3. The number of anilines is 1. The van der Waals surface area contributed by atoms with Crippen LogP contribution in [0, 0.1) is 15.9 Å². The van der Waals surface area contributed by atoms with Crippen LogP contribution in [0.3, 0.4) is 0 Å². The van der Waals surface area contributed by atoms with E-state index < -0.39 is 10.7 Å². The summed E-state index contributed by atoms with van der Waals surface area (Å²) in [5, 5.41) is 14.1. The number of nitro groups is 1. The summed E-state index contributed by atoms with van der Waals surface area (Å²) >= 11 is 0. The van der Waals surface area contributed by atoms with Crippen LogP contribution >= 0.6 is 0 Å². The Morgan fingerprint density at radius 3 is 2.57 bits per heavy atom. The monoisotopic (exact) mass is 325 g/mol. The normalized spacial score (nSPS) is 22.8. The first-order valence-electron chi connectivity index (χ1n) is 7.77. The third-order valence-corrected chi connectivity index (χ3v) is 4.14. The van der Waals surface area contributed by atoms with E-state index in [4.69, 9.17) is 4.74 Å². The Labute approximate surface area is 135 Å². The molecule has 128 valence electrons. The average molecular weight is 325 g/mol. The van der Waals surface area contributed by atoms with Gasteiger partial charge in [-0.1, -0.05) is 0 Å². The van der Waals surface area contributed by atoms with Gasteiger partial charge in [-0.2, -0.15) is 0 Å². The molecular formula is C16H24FN3O3. The van der Waals surface area contributed by atoms with Crippen LogP contribution in [0.2, 0.25) is 0 Å². The van der Waals surface area contributed by atoms with Crippen LogP contribution in [-0.2, 0) is 4.74 Å². The van der Waals surface area contributed by atoms with Crippen LogP contribution in [0.1, 0.15) is 27.7 Å². The maximum atomic E-state index is 13.4. The van der Waals surface area contributed by atoms with Gasteiger partial charge in [0.2, 0.25) is 0 Å². The lowest BCUT2D eigenvalue weighted by atomic mass is 10.00. The fourth-order valence-corrected chi connectivity index (χ4v) is 2.90. The third kappa shape index (κ3) is 4.39. The first-order valence-corrected chi connectivity index (χ1v) is 7.77. The van der Waals surface area contributed by atoms with Crippen LogP contribution in [0.5, 0.6) is 0 Å². The molecule has 1 saturated heterocycles. The molecule has 0 amide bonds. The Morgan fingerprint density at radius 1 is 1.39 bits per heavy atom. The lowest BCUT2D eigenvalue weighted by Crippen LogP contribution is -2.57. The van der Waals surface area contributed by atoms with E-state index in [1.807, 2.05) is 13.8 Å². The molecule has 6 nitrogen and oxygen atoms in total. The Kier molecular flexibility index (Phi) is 5.21. The van der Waals surface area contributed by atoms with Crippen LogP contribution in [0.15, 0.2) is 18.2 Å². The number of nitrogens with zero attached hydrogens (tertiary/aromatic N) is 2. The molecule has 0 radical (unpaired) electrons. The van der Waals surface area contributed by atoms with Crippen molar-refractivity contribution in [1.29, 1.82) is 0 Å². The molecule has 1 heterocycles. The molecule has 0 bridgehead atoms. The molecule has 1 fully saturated rings. The molecule has 1 aliphatic rings. The van der Waals surface area contributed by atoms with Crippen molar-refractivity contribution >= 4 is 11.4 Å². The van der Waals surface area contributed by atoms with Crippen molar-refractivity contribution < 1.29 is 14.1 Å². The maximum absolute atomic E-state index is 13.4. The van der Waals surface area contributed by atoms with E-state index in [-0.39, 0.29) is 29.1 Å². The highest BCUT2D eigenvalue weighted by atomic mass is 19.1. The highest BCUT2D eigenvalue weighted by Gasteiger charge is 2.33. The van der Waals surface area contributed by atoms with Gasteiger partial charge in [0.25, 0.3) is 5.69 Å². The van der Waals surface area contributed by atoms with Crippen molar-refractivity contribution in [1.82, 2.24) is 4.90 Å². The summed E-state index contributed by atoms with van der Waals surface area (Å²) in [6.07, 6.45) is 0.281. The number of rotatable bonds is 5. The second kappa shape index (κ2) is 6.80. The summed E-state index contributed by atoms with van der Waals surface area (Å²) in [7, 11) is 0. The summed E-state index contributed by atoms with van der Waals surface area (Å²) in [5.41, 5.74) is -0.157. The van der Waals surface area contributed by atoms with Gasteiger partial charge in [-0.05, 0) is 33.8 Å². The van der Waals surface area contributed by atoms with E-state index in [0.717, 1.165) is 19.2 Å².